The Bertz CT molecular complexity index is 247. The first-order valence-corrected chi connectivity index (χ1v) is 4.72. The molecule has 0 radical (unpaired) electrons. The topological polar surface area (TPSA) is 64.6 Å². The zero-order chi connectivity index (χ0) is 12.3. The van der Waals surface area contributed by atoms with Crippen LogP contribution in [0.25, 0.3) is 0 Å². The average Bonchev–Trinajstić information content (AvgIpc) is 1.94. The number of hydroxylamine groups is 1. The summed E-state index contributed by atoms with van der Waals surface area (Å²) in [5, 5.41) is 0. The lowest BCUT2D eigenvalue weighted by atomic mass is 9.98. The van der Waals surface area contributed by atoms with E-state index in [4.69, 9.17) is 4.74 Å². The van der Waals surface area contributed by atoms with Gasteiger partial charge in [-0.1, -0.05) is 0 Å². The first-order valence-electron chi connectivity index (χ1n) is 4.72. The van der Waals surface area contributed by atoms with Crippen LogP contribution in [0.2, 0.25) is 0 Å². The third kappa shape index (κ3) is 6.76. The van der Waals surface area contributed by atoms with Crippen molar-refractivity contribution in [3.63, 3.8) is 0 Å². The first-order chi connectivity index (χ1) is 6.52. The van der Waals surface area contributed by atoms with Gasteiger partial charge in [0.2, 0.25) is 0 Å². The number of carbonyl (C=O) groups excluding carboxylic acids is 2. The van der Waals surface area contributed by atoms with Crippen molar-refractivity contribution in [3.8, 4) is 0 Å². The number of amides is 1. The maximum Gasteiger partial charge on any atom is 0.441 e. The van der Waals surface area contributed by atoms with E-state index in [1.807, 2.05) is 5.48 Å². The SMILES string of the molecule is CC(C)(C)OC(=O)NOC(=O)C(C)(C)C. The maximum absolute atomic E-state index is 11.2. The third-order valence-corrected chi connectivity index (χ3v) is 1.24. The summed E-state index contributed by atoms with van der Waals surface area (Å²) < 4.78 is 4.87. The Labute approximate surface area is 90.1 Å². The molecule has 0 aliphatic carbocycles. The van der Waals surface area contributed by atoms with Gasteiger partial charge in [-0.3, -0.25) is 0 Å². The fourth-order valence-corrected chi connectivity index (χ4v) is 0.540. The number of carbonyl (C=O) groups is 2. The van der Waals surface area contributed by atoms with E-state index in [1.54, 1.807) is 41.5 Å². The van der Waals surface area contributed by atoms with E-state index in [-0.39, 0.29) is 0 Å². The molecular weight excluding hydrogens is 198 g/mol. The van der Waals surface area contributed by atoms with Crippen molar-refractivity contribution in [2.45, 2.75) is 47.1 Å². The van der Waals surface area contributed by atoms with Crippen molar-refractivity contribution >= 4 is 12.1 Å². The average molecular weight is 217 g/mol. The van der Waals surface area contributed by atoms with Crippen molar-refractivity contribution in [2.75, 3.05) is 0 Å². The molecule has 0 aliphatic rings. The van der Waals surface area contributed by atoms with Crippen molar-refractivity contribution < 1.29 is 19.2 Å². The van der Waals surface area contributed by atoms with Crippen molar-refractivity contribution in [1.82, 2.24) is 5.48 Å². The fourth-order valence-electron chi connectivity index (χ4n) is 0.540. The Morgan fingerprint density at radius 3 is 1.80 bits per heavy atom. The molecule has 0 saturated heterocycles. The number of rotatable bonds is 0. The van der Waals surface area contributed by atoms with Gasteiger partial charge in [0.25, 0.3) is 0 Å². The lowest BCUT2D eigenvalue weighted by Gasteiger charge is -2.20. The second kappa shape index (κ2) is 4.51. The Balaban J connectivity index is 3.98. The molecule has 0 aromatic heterocycles. The van der Waals surface area contributed by atoms with E-state index in [0.29, 0.717) is 0 Å². The van der Waals surface area contributed by atoms with Crippen molar-refractivity contribution in [2.24, 2.45) is 5.41 Å². The Kier molecular flexibility index (Phi) is 4.13. The van der Waals surface area contributed by atoms with Crippen LogP contribution in [-0.4, -0.2) is 17.7 Å². The molecule has 0 unspecified atom stereocenters. The van der Waals surface area contributed by atoms with E-state index in [9.17, 15) is 9.59 Å². The van der Waals surface area contributed by atoms with Gasteiger partial charge in [0, 0.05) is 0 Å². The molecule has 0 fully saturated rings. The van der Waals surface area contributed by atoms with Gasteiger partial charge in [-0.15, -0.1) is 5.48 Å². The summed E-state index contributed by atoms with van der Waals surface area (Å²) in [4.78, 5) is 26.9. The largest absolute Gasteiger partial charge is 0.442 e. The highest BCUT2D eigenvalue weighted by atomic mass is 16.7. The molecular formula is C10H19NO4. The zero-order valence-corrected chi connectivity index (χ0v) is 10.1. The molecule has 1 N–H and O–H groups in total. The summed E-state index contributed by atoms with van der Waals surface area (Å²) >= 11 is 0. The standard InChI is InChI=1S/C10H19NO4/c1-9(2,3)7(12)15-11-8(13)14-10(4,5)6/h1-6H3,(H,11,13). The molecule has 0 saturated carbocycles. The molecule has 0 heterocycles. The predicted octanol–water partition coefficient (Wildman–Crippen LogP) is 2.02. The highest BCUT2D eigenvalue weighted by Crippen LogP contribution is 2.14. The lowest BCUT2D eigenvalue weighted by molar-refractivity contribution is -0.160. The van der Waals surface area contributed by atoms with Crippen LogP contribution >= 0.6 is 0 Å². The van der Waals surface area contributed by atoms with Gasteiger partial charge in [0.15, 0.2) is 0 Å². The number of hydrogen-bond acceptors (Lipinski definition) is 4. The summed E-state index contributed by atoms with van der Waals surface area (Å²) in [7, 11) is 0. The molecule has 15 heavy (non-hydrogen) atoms. The molecule has 0 rings (SSSR count). The summed E-state index contributed by atoms with van der Waals surface area (Å²) in [5.74, 6) is -0.520. The fraction of sp³-hybridized carbons (Fsp3) is 0.800. The van der Waals surface area contributed by atoms with Crippen LogP contribution in [0.4, 0.5) is 4.79 Å². The van der Waals surface area contributed by atoms with E-state index in [2.05, 4.69) is 4.84 Å². The van der Waals surface area contributed by atoms with Gasteiger partial charge in [-0.2, -0.15) is 0 Å². The smallest absolute Gasteiger partial charge is 0.441 e. The molecule has 0 aliphatic heterocycles. The normalized spacial score (nSPS) is 11.9. The molecule has 1 amide bonds. The van der Waals surface area contributed by atoms with Crippen LogP contribution < -0.4 is 5.48 Å². The summed E-state index contributed by atoms with van der Waals surface area (Å²) in [6, 6.07) is 0. The van der Waals surface area contributed by atoms with Crippen LogP contribution in [0.1, 0.15) is 41.5 Å². The number of ether oxygens (including phenoxy) is 1. The lowest BCUT2D eigenvalue weighted by Crippen LogP contribution is -2.37. The van der Waals surface area contributed by atoms with Crippen LogP contribution in [-0.2, 0) is 14.4 Å². The van der Waals surface area contributed by atoms with E-state index in [0.717, 1.165) is 0 Å². The van der Waals surface area contributed by atoms with Crippen molar-refractivity contribution in [3.05, 3.63) is 0 Å². The maximum atomic E-state index is 11.2. The van der Waals surface area contributed by atoms with Crippen LogP contribution in [0.3, 0.4) is 0 Å². The third-order valence-electron chi connectivity index (χ3n) is 1.24. The highest BCUT2D eigenvalue weighted by Gasteiger charge is 2.25. The monoisotopic (exact) mass is 217 g/mol. The number of nitrogens with one attached hydrogen (secondary N) is 1. The van der Waals surface area contributed by atoms with Crippen LogP contribution in [0, 0.1) is 5.41 Å². The molecule has 0 spiro atoms. The minimum Gasteiger partial charge on any atom is -0.442 e. The van der Waals surface area contributed by atoms with Crippen LogP contribution in [0.15, 0.2) is 0 Å². The second-order valence-corrected chi connectivity index (χ2v) is 5.24. The molecule has 0 aromatic rings. The van der Waals surface area contributed by atoms with E-state index >= 15 is 0 Å². The van der Waals surface area contributed by atoms with Gasteiger partial charge in [0.05, 0.1) is 5.41 Å². The van der Waals surface area contributed by atoms with E-state index in [1.165, 1.54) is 0 Å². The second-order valence-electron chi connectivity index (χ2n) is 5.24. The molecule has 88 valence electrons. The quantitative estimate of drug-likeness (QED) is 0.630. The molecule has 0 atom stereocenters. The zero-order valence-electron chi connectivity index (χ0n) is 10.1. The Morgan fingerprint density at radius 2 is 1.47 bits per heavy atom. The minimum atomic E-state index is -0.778. The van der Waals surface area contributed by atoms with Gasteiger partial charge in [-0.25, -0.2) is 9.59 Å². The summed E-state index contributed by atoms with van der Waals surface area (Å²) in [6.07, 6.45) is -0.778. The van der Waals surface area contributed by atoms with E-state index < -0.39 is 23.1 Å². The van der Waals surface area contributed by atoms with Gasteiger partial charge in [0.1, 0.15) is 5.60 Å². The minimum absolute atomic E-state index is 0.520. The van der Waals surface area contributed by atoms with Gasteiger partial charge in [-0.05, 0) is 41.5 Å². The summed E-state index contributed by atoms with van der Waals surface area (Å²) in [5.41, 5.74) is 0.664. The molecule has 5 heteroatoms. The summed E-state index contributed by atoms with van der Waals surface area (Å²) in [6.45, 7) is 10.2. The van der Waals surface area contributed by atoms with Gasteiger partial charge < -0.3 is 9.57 Å². The highest BCUT2D eigenvalue weighted by molar-refractivity contribution is 5.77. The van der Waals surface area contributed by atoms with Crippen molar-refractivity contribution in [1.29, 1.82) is 0 Å². The molecule has 0 bridgehead atoms. The Hall–Kier alpha value is -1.26. The molecule has 0 aromatic carbocycles. The Morgan fingerprint density at radius 1 is 1.00 bits per heavy atom. The first kappa shape index (κ1) is 13.7. The molecule has 5 nitrogen and oxygen atoms in total. The van der Waals surface area contributed by atoms with Gasteiger partial charge >= 0.3 is 12.1 Å². The van der Waals surface area contributed by atoms with Crippen LogP contribution in [0.5, 0.6) is 0 Å². The number of hydrogen-bond donors (Lipinski definition) is 1. The predicted molar refractivity (Wildman–Crippen MR) is 54.9 cm³/mol.